The zero-order chi connectivity index (χ0) is 15.9. The van der Waals surface area contributed by atoms with Crippen molar-refractivity contribution in [3.05, 3.63) is 22.6 Å². The third-order valence-corrected chi connectivity index (χ3v) is 4.45. The van der Waals surface area contributed by atoms with Gasteiger partial charge in [0.15, 0.2) is 5.71 Å². The molecule has 0 atom stereocenters. The quantitative estimate of drug-likeness (QED) is 0.630. The summed E-state index contributed by atoms with van der Waals surface area (Å²) >= 11 is 1.29. The molecule has 2 aliphatic rings. The van der Waals surface area contributed by atoms with Gasteiger partial charge in [-0.1, -0.05) is 5.16 Å². The molecule has 1 aromatic heterocycles. The number of alkyl halides is 3. The molecule has 0 N–H and O–H groups in total. The van der Waals surface area contributed by atoms with Crippen molar-refractivity contribution < 1.29 is 27.5 Å². The second kappa shape index (κ2) is 5.40. The van der Waals surface area contributed by atoms with Gasteiger partial charge in [0.05, 0.1) is 16.7 Å². The standard InChI is InChI=1S/C13H11F3N2O3S/c1-20-7-5-18(6-7)10-3-2-8(22-10)4-9-11(13(14,15)16)17-21-12(9)19/h2-4,7H,5-6H2,1H3. The zero-order valence-electron chi connectivity index (χ0n) is 11.4. The Hall–Kier alpha value is -1.87. The van der Waals surface area contributed by atoms with Gasteiger partial charge in [-0.25, -0.2) is 4.79 Å². The van der Waals surface area contributed by atoms with Crippen LogP contribution in [0.2, 0.25) is 0 Å². The van der Waals surface area contributed by atoms with Crippen LogP contribution in [-0.4, -0.2) is 44.2 Å². The first-order chi connectivity index (χ1) is 10.4. The Balaban J connectivity index is 1.79. The summed E-state index contributed by atoms with van der Waals surface area (Å²) in [4.78, 5) is 18.1. The van der Waals surface area contributed by atoms with Gasteiger partial charge in [-0.2, -0.15) is 13.2 Å². The molecule has 9 heteroatoms. The summed E-state index contributed by atoms with van der Waals surface area (Å²) in [6, 6.07) is 3.46. The maximum absolute atomic E-state index is 12.7. The van der Waals surface area contributed by atoms with Crippen LogP contribution in [0.4, 0.5) is 18.2 Å². The molecule has 5 nitrogen and oxygen atoms in total. The molecular weight excluding hydrogens is 321 g/mol. The third kappa shape index (κ3) is 2.73. The molecule has 2 aliphatic heterocycles. The zero-order valence-corrected chi connectivity index (χ0v) is 12.2. The van der Waals surface area contributed by atoms with Crippen LogP contribution in [0.1, 0.15) is 4.88 Å². The smallest absolute Gasteiger partial charge is 0.378 e. The summed E-state index contributed by atoms with van der Waals surface area (Å²) in [5.41, 5.74) is -1.87. The van der Waals surface area contributed by atoms with E-state index in [1.54, 1.807) is 19.2 Å². The lowest BCUT2D eigenvalue weighted by Gasteiger charge is -2.38. The molecule has 22 heavy (non-hydrogen) atoms. The number of rotatable bonds is 3. The molecule has 0 aliphatic carbocycles. The molecule has 0 spiro atoms. The summed E-state index contributed by atoms with van der Waals surface area (Å²) < 4.78 is 43.4. The van der Waals surface area contributed by atoms with E-state index in [1.165, 1.54) is 11.3 Å². The molecule has 0 unspecified atom stereocenters. The molecule has 0 aromatic carbocycles. The third-order valence-electron chi connectivity index (χ3n) is 3.36. The van der Waals surface area contributed by atoms with Crippen molar-refractivity contribution in [2.75, 3.05) is 25.1 Å². The Bertz CT molecular complexity index is 660. The first-order valence-electron chi connectivity index (χ1n) is 6.34. The maximum atomic E-state index is 12.7. The van der Waals surface area contributed by atoms with E-state index in [0.717, 1.165) is 24.2 Å². The van der Waals surface area contributed by atoms with Crippen molar-refractivity contribution in [1.82, 2.24) is 0 Å². The van der Waals surface area contributed by atoms with E-state index in [2.05, 4.69) is 9.99 Å². The van der Waals surface area contributed by atoms with Crippen molar-refractivity contribution in [2.24, 2.45) is 5.16 Å². The number of methoxy groups -OCH3 is 1. The number of nitrogens with zero attached hydrogens (tertiary/aromatic N) is 2. The van der Waals surface area contributed by atoms with Gasteiger partial charge in [0, 0.05) is 25.1 Å². The fourth-order valence-electron chi connectivity index (χ4n) is 2.11. The predicted molar refractivity (Wildman–Crippen MR) is 74.9 cm³/mol. The Morgan fingerprint density at radius 1 is 1.45 bits per heavy atom. The fourth-order valence-corrected chi connectivity index (χ4v) is 3.08. The van der Waals surface area contributed by atoms with E-state index in [-0.39, 0.29) is 6.10 Å². The second-order valence-corrected chi connectivity index (χ2v) is 5.91. The van der Waals surface area contributed by atoms with E-state index in [0.29, 0.717) is 4.88 Å². The number of carbonyl (C=O) groups is 1. The Morgan fingerprint density at radius 3 is 2.82 bits per heavy atom. The van der Waals surface area contributed by atoms with E-state index >= 15 is 0 Å². The summed E-state index contributed by atoms with van der Waals surface area (Å²) in [6.45, 7) is 1.48. The van der Waals surface area contributed by atoms with Crippen molar-refractivity contribution >= 4 is 34.1 Å². The monoisotopic (exact) mass is 332 g/mol. The number of hydrogen-bond acceptors (Lipinski definition) is 6. The highest BCUT2D eigenvalue weighted by Gasteiger charge is 2.45. The van der Waals surface area contributed by atoms with Gasteiger partial charge in [0.2, 0.25) is 0 Å². The fraction of sp³-hybridized carbons (Fsp3) is 0.385. The van der Waals surface area contributed by atoms with Crippen LogP contribution in [0.25, 0.3) is 6.08 Å². The lowest BCUT2D eigenvalue weighted by molar-refractivity contribution is -0.136. The van der Waals surface area contributed by atoms with Gasteiger partial charge in [0.25, 0.3) is 0 Å². The van der Waals surface area contributed by atoms with E-state index in [1.807, 2.05) is 4.90 Å². The van der Waals surface area contributed by atoms with Crippen molar-refractivity contribution in [2.45, 2.75) is 12.3 Å². The van der Waals surface area contributed by atoms with Gasteiger partial charge in [-0.05, 0) is 18.2 Å². The lowest BCUT2D eigenvalue weighted by Crippen LogP contribution is -2.51. The molecule has 1 aromatic rings. The van der Waals surface area contributed by atoms with Crippen LogP contribution >= 0.6 is 11.3 Å². The van der Waals surface area contributed by atoms with Crippen molar-refractivity contribution in [1.29, 1.82) is 0 Å². The summed E-state index contributed by atoms with van der Waals surface area (Å²) in [5, 5.41) is 3.72. The summed E-state index contributed by atoms with van der Waals surface area (Å²) in [5.74, 6) is -1.09. The van der Waals surface area contributed by atoms with Crippen LogP contribution in [0, 0.1) is 0 Å². The number of ether oxygens (including phenoxy) is 1. The largest absolute Gasteiger partial charge is 0.437 e. The summed E-state index contributed by atoms with van der Waals surface area (Å²) in [6.07, 6.45) is -3.39. The molecular formula is C13H11F3N2O3S. The van der Waals surface area contributed by atoms with Gasteiger partial charge in [-0.3, -0.25) is 0 Å². The molecule has 0 bridgehead atoms. The van der Waals surface area contributed by atoms with Gasteiger partial charge >= 0.3 is 12.1 Å². The number of anilines is 1. The number of oxime groups is 1. The number of hydrogen-bond donors (Lipinski definition) is 0. The molecule has 1 saturated heterocycles. The van der Waals surface area contributed by atoms with E-state index < -0.39 is 23.4 Å². The molecule has 3 rings (SSSR count). The molecule has 0 radical (unpaired) electrons. The van der Waals surface area contributed by atoms with Crippen LogP contribution < -0.4 is 4.90 Å². The lowest BCUT2D eigenvalue weighted by atomic mass is 10.1. The van der Waals surface area contributed by atoms with Crippen LogP contribution in [0.15, 0.2) is 22.9 Å². The van der Waals surface area contributed by atoms with Gasteiger partial charge in [0.1, 0.15) is 0 Å². The SMILES string of the molecule is COC1CN(c2ccc(C=C3C(=O)ON=C3C(F)(F)F)s2)C1. The minimum atomic E-state index is -4.72. The second-order valence-electron chi connectivity index (χ2n) is 4.81. The van der Waals surface area contributed by atoms with Crippen molar-refractivity contribution in [3.63, 3.8) is 0 Å². The highest BCUT2D eigenvalue weighted by molar-refractivity contribution is 7.17. The summed E-state index contributed by atoms with van der Waals surface area (Å²) in [7, 11) is 1.63. The van der Waals surface area contributed by atoms with E-state index in [4.69, 9.17) is 4.74 Å². The number of thiophene rings is 1. The van der Waals surface area contributed by atoms with Gasteiger partial charge in [-0.15, -0.1) is 11.3 Å². The van der Waals surface area contributed by atoms with Crippen LogP contribution in [-0.2, 0) is 14.4 Å². The minimum absolute atomic E-state index is 0.178. The Kier molecular flexibility index (Phi) is 3.69. The molecule has 118 valence electrons. The highest BCUT2D eigenvalue weighted by atomic mass is 32.1. The highest BCUT2D eigenvalue weighted by Crippen LogP contribution is 2.33. The molecule has 0 saturated carbocycles. The normalized spacial score (nSPS) is 21.1. The average Bonchev–Trinajstić information content (AvgIpc) is 2.97. The van der Waals surface area contributed by atoms with Crippen molar-refractivity contribution in [3.8, 4) is 0 Å². The predicted octanol–water partition coefficient (Wildman–Crippen LogP) is 2.44. The van der Waals surface area contributed by atoms with Crippen LogP contribution in [0.5, 0.6) is 0 Å². The molecule has 0 amide bonds. The van der Waals surface area contributed by atoms with E-state index in [9.17, 15) is 18.0 Å². The molecule has 3 heterocycles. The first-order valence-corrected chi connectivity index (χ1v) is 7.16. The topological polar surface area (TPSA) is 51.1 Å². The average molecular weight is 332 g/mol. The molecule has 1 fully saturated rings. The first kappa shape index (κ1) is 15.0. The number of halogens is 3. The Morgan fingerprint density at radius 2 is 2.18 bits per heavy atom. The minimum Gasteiger partial charge on any atom is -0.378 e. The number of carbonyl (C=O) groups excluding carboxylic acids is 1. The van der Waals surface area contributed by atoms with Crippen LogP contribution in [0.3, 0.4) is 0 Å². The maximum Gasteiger partial charge on any atom is 0.437 e. The van der Waals surface area contributed by atoms with Gasteiger partial charge < -0.3 is 14.5 Å². The Labute approximate surface area is 127 Å².